The summed E-state index contributed by atoms with van der Waals surface area (Å²) in [6, 6.07) is 0. The molecule has 0 aromatic heterocycles. The van der Waals surface area contributed by atoms with Crippen molar-refractivity contribution in [3.8, 4) is 0 Å². The lowest BCUT2D eigenvalue weighted by Crippen LogP contribution is -2.43. The molecular formula is C24H38O7. The predicted octanol–water partition coefficient (Wildman–Crippen LogP) is 2.53. The van der Waals surface area contributed by atoms with Crippen LogP contribution in [-0.2, 0) is 19.1 Å². The molecule has 31 heavy (non-hydrogen) atoms. The Morgan fingerprint density at radius 1 is 1.26 bits per heavy atom. The molecule has 0 radical (unpaired) electrons. The third-order valence-corrected chi connectivity index (χ3v) is 6.66. The lowest BCUT2D eigenvalue weighted by molar-refractivity contribution is -0.159. The van der Waals surface area contributed by atoms with Gasteiger partial charge < -0.3 is 24.8 Å². The first-order valence-electron chi connectivity index (χ1n) is 11.4. The number of allylic oxidation sites excluding steroid dienone is 2. The second-order valence-electron chi connectivity index (χ2n) is 9.06. The Kier molecular flexibility index (Phi) is 9.72. The van der Waals surface area contributed by atoms with Crippen molar-refractivity contribution in [1.29, 1.82) is 0 Å². The molecule has 176 valence electrons. The highest BCUT2D eigenvalue weighted by atomic mass is 16.5. The number of aliphatic hydroxyl groups excluding tert-OH is 3. The van der Waals surface area contributed by atoms with Gasteiger partial charge in [-0.2, -0.15) is 0 Å². The summed E-state index contributed by atoms with van der Waals surface area (Å²) >= 11 is 0. The molecule has 2 aliphatic carbocycles. The van der Waals surface area contributed by atoms with Gasteiger partial charge in [0.15, 0.2) is 0 Å². The maximum absolute atomic E-state index is 12.5. The number of hydrogen-bond acceptors (Lipinski definition) is 7. The second kappa shape index (κ2) is 11.8. The van der Waals surface area contributed by atoms with E-state index in [4.69, 9.17) is 4.74 Å². The molecule has 3 N–H and O–H groups in total. The number of aliphatic hydroxyl groups is 3. The summed E-state index contributed by atoms with van der Waals surface area (Å²) in [6.45, 7) is 5.89. The number of carbonyl (C=O) groups excluding carboxylic acids is 2. The summed E-state index contributed by atoms with van der Waals surface area (Å²) in [5.41, 5.74) is 0.976. The molecule has 0 spiro atoms. The molecule has 7 nitrogen and oxygen atoms in total. The summed E-state index contributed by atoms with van der Waals surface area (Å²) in [5, 5.41) is 30.7. The lowest BCUT2D eigenvalue weighted by atomic mass is 9.66. The van der Waals surface area contributed by atoms with Gasteiger partial charge in [-0.3, -0.25) is 9.59 Å². The zero-order valence-corrected chi connectivity index (χ0v) is 19.1. The van der Waals surface area contributed by atoms with Crippen LogP contribution < -0.4 is 0 Å². The van der Waals surface area contributed by atoms with E-state index in [0.717, 1.165) is 5.57 Å². The van der Waals surface area contributed by atoms with Crippen LogP contribution in [0.5, 0.6) is 0 Å². The average Bonchev–Trinajstić information content (AvgIpc) is 2.72. The fourth-order valence-electron chi connectivity index (χ4n) is 4.59. The summed E-state index contributed by atoms with van der Waals surface area (Å²) < 4.78 is 10.4. The average molecular weight is 439 g/mol. The maximum Gasteiger partial charge on any atom is 0.308 e. The van der Waals surface area contributed by atoms with Gasteiger partial charge in [0.25, 0.3) is 0 Å². The molecule has 0 fully saturated rings. The quantitative estimate of drug-likeness (QED) is 0.449. The van der Waals surface area contributed by atoms with Gasteiger partial charge in [0.1, 0.15) is 6.10 Å². The number of rotatable bonds is 10. The molecule has 2 aliphatic rings. The van der Waals surface area contributed by atoms with Crippen molar-refractivity contribution in [2.24, 2.45) is 23.7 Å². The summed E-state index contributed by atoms with van der Waals surface area (Å²) in [5.74, 6) is -0.636. The van der Waals surface area contributed by atoms with Crippen LogP contribution in [0, 0.1) is 23.7 Å². The summed E-state index contributed by atoms with van der Waals surface area (Å²) in [6.07, 6.45) is 5.34. The minimum absolute atomic E-state index is 0.0383. The molecule has 0 saturated carbocycles. The number of hydrogen-bond donors (Lipinski definition) is 3. The van der Waals surface area contributed by atoms with Crippen molar-refractivity contribution in [2.45, 2.75) is 83.7 Å². The van der Waals surface area contributed by atoms with Crippen LogP contribution in [0.2, 0.25) is 0 Å². The smallest absolute Gasteiger partial charge is 0.308 e. The van der Waals surface area contributed by atoms with E-state index in [2.05, 4.69) is 17.7 Å². The van der Waals surface area contributed by atoms with Gasteiger partial charge in [-0.1, -0.05) is 39.0 Å². The topological polar surface area (TPSA) is 113 Å². The number of ether oxygens (including phenoxy) is 2. The Hall–Kier alpha value is -1.70. The van der Waals surface area contributed by atoms with E-state index in [1.54, 1.807) is 0 Å². The third kappa shape index (κ3) is 7.16. The van der Waals surface area contributed by atoms with Crippen molar-refractivity contribution in [3.05, 3.63) is 23.8 Å². The van der Waals surface area contributed by atoms with Crippen molar-refractivity contribution >= 4 is 11.9 Å². The molecule has 2 unspecified atom stereocenters. The minimum Gasteiger partial charge on any atom is -0.469 e. The SMILES string of the molecule is CC[C@H](C)C(=O)O[C@H]1C[C@H](O)C=C2C=C[C@H](C)[C@H](CCC(O)CC(O)CC(=O)OC)[C@H]21. The highest BCUT2D eigenvalue weighted by Gasteiger charge is 2.42. The standard InChI is InChI=1S/C24H38O7/c1-5-14(2)24(29)31-21-12-18(26)10-16-7-6-15(3)20(23(16)21)9-8-17(25)11-19(27)13-22(28)30-4/h6-7,10,14-15,17-21,23,25-27H,5,8-9,11-13H2,1-4H3/t14-,15-,17?,18+,19?,20-,21-,23-/m0/s1. The van der Waals surface area contributed by atoms with Crippen LogP contribution in [-0.4, -0.2) is 58.8 Å². The highest BCUT2D eigenvalue weighted by Crippen LogP contribution is 2.44. The van der Waals surface area contributed by atoms with Crippen LogP contribution in [0.4, 0.5) is 0 Å². The number of carbonyl (C=O) groups is 2. The monoisotopic (exact) mass is 438 g/mol. The maximum atomic E-state index is 12.5. The van der Waals surface area contributed by atoms with Gasteiger partial charge in [-0.15, -0.1) is 0 Å². The van der Waals surface area contributed by atoms with E-state index in [1.807, 2.05) is 26.0 Å². The molecular weight excluding hydrogens is 400 g/mol. The van der Waals surface area contributed by atoms with E-state index in [1.165, 1.54) is 7.11 Å². The van der Waals surface area contributed by atoms with Crippen LogP contribution in [0.15, 0.2) is 23.8 Å². The first-order chi connectivity index (χ1) is 14.7. The Labute approximate surface area is 185 Å². The number of esters is 2. The molecule has 0 saturated heterocycles. The van der Waals surface area contributed by atoms with Crippen LogP contribution in [0.3, 0.4) is 0 Å². The number of methoxy groups -OCH3 is 1. The van der Waals surface area contributed by atoms with Crippen molar-refractivity contribution in [3.63, 3.8) is 0 Å². The van der Waals surface area contributed by atoms with E-state index >= 15 is 0 Å². The van der Waals surface area contributed by atoms with Gasteiger partial charge in [-0.25, -0.2) is 0 Å². The van der Waals surface area contributed by atoms with E-state index < -0.39 is 30.4 Å². The predicted molar refractivity (Wildman–Crippen MR) is 116 cm³/mol. The Balaban J connectivity index is 2.06. The van der Waals surface area contributed by atoms with Crippen LogP contribution >= 0.6 is 0 Å². The van der Waals surface area contributed by atoms with Crippen LogP contribution in [0.25, 0.3) is 0 Å². The highest BCUT2D eigenvalue weighted by molar-refractivity contribution is 5.72. The van der Waals surface area contributed by atoms with Crippen LogP contribution in [0.1, 0.15) is 59.3 Å². The van der Waals surface area contributed by atoms with E-state index in [9.17, 15) is 24.9 Å². The second-order valence-corrected chi connectivity index (χ2v) is 9.06. The Morgan fingerprint density at radius 3 is 2.61 bits per heavy atom. The minimum atomic E-state index is -0.948. The molecule has 0 heterocycles. The first-order valence-corrected chi connectivity index (χ1v) is 11.4. The van der Waals surface area contributed by atoms with Crippen molar-refractivity contribution < 1.29 is 34.4 Å². The van der Waals surface area contributed by atoms with Gasteiger partial charge in [0.2, 0.25) is 0 Å². The van der Waals surface area contributed by atoms with Crippen molar-refractivity contribution in [1.82, 2.24) is 0 Å². The molecule has 7 heteroatoms. The molecule has 0 aliphatic heterocycles. The molecule has 8 atom stereocenters. The Bertz CT molecular complexity index is 671. The van der Waals surface area contributed by atoms with Gasteiger partial charge in [0, 0.05) is 12.3 Å². The summed E-state index contributed by atoms with van der Waals surface area (Å²) in [7, 11) is 1.26. The largest absolute Gasteiger partial charge is 0.469 e. The molecule has 0 aromatic carbocycles. The molecule has 0 aromatic rings. The van der Waals surface area contributed by atoms with Gasteiger partial charge in [-0.05, 0) is 43.1 Å². The first kappa shape index (κ1) is 25.6. The number of fused-ring (bicyclic) bond motifs is 1. The lowest BCUT2D eigenvalue weighted by Gasteiger charge is -2.43. The van der Waals surface area contributed by atoms with Crippen molar-refractivity contribution in [2.75, 3.05) is 7.11 Å². The zero-order chi connectivity index (χ0) is 23.1. The van der Waals surface area contributed by atoms with Gasteiger partial charge >= 0.3 is 11.9 Å². The van der Waals surface area contributed by atoms with E-state index in [0.29, 0.717) is 25.7 Å². The zero-order valence-electron chi connectivity index (χ0n) is 19.1. The van der Waals surface area contributed by atoms with E-state index in [-0.39, 0.29) is 42.5 Å². The summed E-state index contributed by atoms with van der Waals surface area (Å²) in [4.78, 5) is 23.8. The fraction of sp³-hybridized carbons (Fsp3) is 0.750. The molecule has 2 rings (SSSR count). The third-order valence-electron chi connectivity index (χ3n) is 6.66. The molecule has 0 amide bonds. The molecule has 0 bridgehead atoms. The van der Waals surface area contributed by atoms with Gasteiger partial charge in [0.05, 0.1) is 37.8 Å². The fourth-order valence-corrected chi connectivity index (χ4v) is 4.59. The normalized spacial score (nSPS) is 30.5. The Morgan fingerprint density at radius 2 is 1.97 bits per heavy atom.